The second-order valence-corrected chi connectivity index (χ2v) is 4.70. The molecule has 1 atom stereocenters. The molecule has 1 unspecified atom stereocenters. The molecule has 0 aliphatic carbocycles. The van der Waals surface area contributed by atoms with E-state index in [0.29, 0.717) is 0 Å². The van der Waals surface area contributed by atoms with Crippen molar-refractivity contribution in [1.82, 2.24) is 0 Å². The lowest BCUT2D eigenvalue weighted by Crippen LogP contribution is -1.95. The molecule has 0 saturated carbocycles. The first-order valence-electron chi connectivity index (χ1n) is 5.06. The van der Waals surface area contributed by atoms with Crippen LogP contribution in [0.3, 0.4) is 0 Å². The maximum Gasteiger partial charge on any atom is 0.0772 e. The van der Waals surface area contributed by atoms with Gasteiger partial charge in [0.2, 0.25) is 0 Å². The second kappa shape index (κ2) is 5.42. The number of benzene rings is 1. The van der Waals surface area contributed by atoms with Gasteiger partial charge in [-0.2, -0.15) is 0 Å². The molecule has 0 aliphatic rings. The number of hydrogen-bond acceptors (Lipinski definition) is 2. The normalized spacial score (nSPS) is 12.9. The van der Waals surface area contributed by atoms with E-state index in [0.717, 1.165) is 17.7 Å². The largest absolute Gasteiger partial charge is 0.389 e. The SMILES string of the molecule is CCCSc1ccc(C)cc1C(C)O. The summed E-state index contributed by atoms with van der Waals surface area (Å²) >= 11 is 1.82. The van der Waals surface area contributed by atoms with E-state index in [9.17, 15) is 5.11 Å². The zero-order valence-electron chi connectivity index (χ0n) is 9.08. The molecule has 0 radical (unpaired) electrons. The third-order valence-corrected chi connectivity index (χ3v) is 3.37. The fourth-order valence-corrected chi connectivity index (χ4v) is 2.32. The monoisotopic (exact) mass is 210 g/mol. The van der Waals surface area contributed by atoms with Crippen LogP contribution >= 0.6 is 11.8 Å². The van der Waals surface area contributed by atoms with Crippen LogP contribution in [0, 0.1) is 6.92 Å². The minimum Gasteiger partial charge on any atom is -0.389 e. The van der Waals surface area contributed by atoms with E-state index in [1.54, 1.807) is 0 Å². The first-order chi connectivity index (χ1) is 6.65. The van der Waals surface area contributed by atoms with Crippen molar-refractivity contribution in [2.24, 2.45) is 0 Å². The van der Waals surface area contributed by atoms with Crippen molar-refractivity contribution in [2.75, 3.05) is 5.75 Å². The van der Waals surface area contributed by atoms with E-state index in [1.165, 1.54) is 10.5 Å². The molecule has 0 bridgehead atoms. The van der Waals surface area contributed by atoms with E-state index in [-0.39, 0.29) is 6.10 Å². The fourth-order valence-electron chi connectivity index (χ4n) is 1.34. The average molecular weight is 210 g/mol. The van der Waals surface area contributed by atoms with Gasteiger partial charge in [0.25, 0.3) is 0 Å². The molecule has 0 aromatic heterocycles. The first kappa shape index (κ1) is 11.6. The van der Waals surface area contributed by atoms with Crippen molar-refractivity contribution >= 4 is 11.8 Å². The molecule has 0 fully saturated rings. The zero-order chi connectivity index (χ0) is 10.6. The summed E-state index contributed by atoms with van der Waals surface area (Å²) in [5, 5.41) is 9.61. The van der Waals surface area contributed by atoms with E-state index < -0.39 is 0 Å². The highest BCUT2D eigenvalue weighted by Crippen LogP contribution is 2.28. The molecule has 0 amide bonds. The molecule has 0 saturated heterocycles. The van der Waals surface area contributed by atoms with Crippen LogP contribution in [-0.2, 0) is 0 Å². The topological polar surface area (TPSA) is 20.2 Å². The van der Waals surface area contributed by atoms with Gasteiger partial charge in [0.15, 0.2) is 0 Å². The lowest BCUT2D eigenvalue weighted by molar-refractivity contribution is 0.196. The van der Waals surface area contributed by atoms with Gasteiger partial charge in [-0.25, -0.2) is 0 Å². The van der Waals surface area contributed by atoms with E-state index in [4.69, 9.17) is 0 Å². The summed E-state index contributed by atoms with van der Waals surface area (Å²) in [7, 11) is 0. The standard InChI is InChI=1S/C12H18OS/c1-4-7-14-12-6-5-9(2)8-11(12)10(3)13/h5-6,8,10,13H,4,7H2,1-3H3. The Hall–Kier alpha value is -0.470. The molecule has 1 rings (SSSR count). The Balaban J connectivity index is 2.90. The van der Waals surface area contributed by atoms with Gasteiger partial charge in [-0.05, 0) is 37.7 Å². The van der Waals surface area contributed by atoms with Crippen LogP contribution in [0.15, 0.2) is 23.1 Å². The van der Waals surface area contributed by atoms with Gasteiger partial charge in [0.1, 0.15) is 0 Å². The second-order valence-electron chi connectivity index (χ2n) is 3.57. The summed E-state index contributed by atoms with van der Waals surface area (Å²) in [4.78, 5) is 1.22. The van der Waals surface area contributed by atoms with Gasteiger partial charge in [0.05, 0.1) is 6.10 Å². The van der Waals surface area contributed by atoms with Crippen LogP contribution in [0.25, 0.3) is 0 Å². The summed E-state index contributed by atoms with van der Waals surface area (Å²) in [6.45, 7) is 6.05. The quantitative estimate of drug-likeness (QED) is 0.767. The van der Waals surface area contributed by atoms with Crippen LogP contribution in [0.4, 0.5) is 0 Å². The fraction of sp³-hybridized carbons (Fsp3) is 0.500. The smallest absolute Gasteiger partial charge is 0.0772 e. The van der Waals surface area contributed by atoms with Gasteiger partial charge >= 0.3 is 0 Å². The van der Waals surface area contributed by atoms with Crippen molar-refractivity contribution in [3.05, 3.63) is 29.3 Å². The number of thioether (sulfide) groups is 1. The van der Waals surface area contributed by atoms with E-state index >= 15 is 0 Å². The minimum absolute atomic E-state index is 0.366. The number of aliphatic hydroxyl groups excluding tert-OH is 1. The Morgan fingerprint density at radius 1 is 1.43 bits per heavy atom. The number of hydrogen-bond donors (Lipinski definition) is 1. The van der Waals surface area contributed by atoms with Crippen LogP contribution in [0.5, 0.6) is 0 Å². The molecule has 1 aromatic rings. The average Bonchev–Trinajstić information content (AvgIpc) is 2.15. The molecular formula is C12H18OS. The Bertz CT molecular complexity index is 294. The van der Waals surface area contributed by atoms with E-state index in [1.807, 2.05) is 18.7 Å². The third-order valence-electron chi connectivity index (χ3n) is 2.08. The summed E-state index contributed by atoms with van der Waals surface area (Å²) < 4.78 is 0. The molecule has 0 aliphatic heterocycles. The minimum atomic E-state index is -0.366. The third kappa shape index (κ3) is 3.03. The van der Waals surface area contributed by atoms with Crippen molar-refractivity contribution in [2.45, 2.75) is 38.2 Å². The summed E-state index contributed by atoms with van der Waals surface area (Å²) in [6.07, 6.45) is 0.798. The van der Waals surface area contributed by atoms with Crippen LogP contribution in [0.2, 0.25) is 0 Å². The Kier molecular flexibility index (Phi) is 4.49. The summed E-state index contributed by atoms with van der Waals surface area (Å²) in [5.74, 6) is 1.11. The van der Waals surface area contributed by atoms with Crippen molar-refractivity contribution < 1.29 is 5.11 Å². The molecule has 14 heavy (non-hydrogen) atoms. The Labute approximate surface area is 90.5 Å². The van der Waals surface area contributed by atoms with Crippen molar-refractivity contribution in [1.29, 1.82) is 0 Å². The molecule has 1 nitrogen and oxygen atoms in total. The van der Waals surface area contributed by atoms with Gasteiger partial charge < -0.3 is 5.11 Å². The predicted octanol–water partition coefficient (Wildman–Crippen LogP) is 3.55. The van der Waals surface area contributed by atoms with Gasteiger partial charge in [0, 0.05) is 4.90 Å². The van der Waals surface area contributed by atoms with Crippen LogP contribution in [0.1, 0.15) is 37.5 Å². The maximum atomic E-state index is 9.61. The predicted molar refractivity (Wildman–Crippen MR) is 62.8 cm³/mol. The first-order valence-corrected chi connectivity index (χ1v) is 6.05. The summed E-state index contributed by atoms with van der Waals surface area (Å²) in [5.41, 5.74) is 2.27. The molecule has 2 heteroatoms. The van der Waals surface area contributed by atoms with Gasteiger partial charge in [-0.1, -0.05) is 24.6 Å². The molecule has 78 valence electrons. The number of aryl methyl sites for hydroxylation is 1. The Morgan fingerprint density at radius 3 is 2.71 bits per heavy atom. The van der Waals surface area contributed by atoms with Crippen LogP contribution < -0.4 is 0 Å². The molecule has 1 N–H and O–H groups in total. The molecule has 0 heterocycles. The highest BCUT2D eigenvalue weighted by atomic mass is 32.2. The van der Waals surface area contributed by atoms with Crippen LogP contribution in [-0.4, -0.2) is 10.9 Å². The Morgan fingerprint density at radius 2 is 2.14 bits per heavy atom. The maximum absolute atomic E-state index is 9.61. The van der Waals surface area contributed by atoms with Crippen molar-refractivity contribution in [3.8, 4) is 0 Å². The number of aliphatic hydroxyl groups is 1. The highest BCUT2D eigenvalue weighted by molar-refractivity contribution is 7.99. The van der Waals surface area contributed by atoms with E-state index in [2.05, 4.69) is 32.0 Å². The molecule has 0 spiro atoms. The van der Waals surface area contributed by atoms with Gasteiger partial charge in [-0.3, -0.25) is 0 Å². The number of rotatable bonds is 4. The molecule has 1 aromatic carbocycles. The van der Waals surface area contributed by atoms with Crippen molar-refractivity contribution in [3.63, 3.8) is 0 Å². The molecular weight excluding hydrogens is 192 g/mol. The lowest BCUT2D eigenvalue weighted by Gasteiger charge is -2.12. The zero-order valence-corrected chi connectivity index (χ0v) is 9.90. The lowest BCUT2D eigenvalue weighted by atomic mass is 10.1. The van der Waals surface area contributed by atoms with Gasteiger partial charge in [-0.15, -0.1) is 11.8 Å². The summed E-state index contributed by atoms with van der Waals surface area (Å²) in [6, 6.07) is 6.28. The highest BCUT2D eigenvalue weighted by Gasteiger charge is 2.07.